The number of nitrogens with one attached hydrogen (secondary N) is 3. The fourth-order valence-corrected chi connectivity index (χ4v) is 3.07. The van der Waals surface area contributed by atoms with Gasteiger partial charge in [0.2, 0.25) is 5.91 Å². The summed E-state index contributed by atoms with van der Waals surface area (Å²) in [5, 5.41) is 10.0. The van der Waals surface area contributed by atoms with Crippen LogP contribution in [0.4, 0.5) is 0 Å². The van der Waals surface area contributed by atoms with Gasteiger partial charge in [-0.05, 0) is 52.4 Å². The van der Waals surface area contributed by atoms with Crippen molar-refractivity contribution in [3.63, 3.8) is 0 Å². The average Bonchev–Trinajstić information content (AvgIpc) is 2.41. The Kier molecular flexibility index (Phi) is 8.49. The summed E-state index contributed by atoms with van der Waals surface area (Å²) in [5.74, 6) is 1.24. The number of hydrogen-bond donors (Lipinski definition) is 3. The summed E-state index contributed by atoms with van der Waals surface area (Å²) in [6, 6.07) is 1.16. The second-order valence-electron chi connectivity index (χ2n) is 6.71. The third kappa shape index (κ3) is 5.93. The molecule has 2 aliphatic carbocycles. The third-order valence-electron chi connectivity index (χ3n) is 4.49. The highest BCUT2D eigenvalue weighted by Gasteiger charge is 2.28. The van der Waals surface area contributed by atoms with Crippen LogP contribution in [0.25, 0.3) is 0 Å². The van der Waals surface area contributed by atoms with Crippen LogP contribution in [-0.2, 0) is 4.79 Å². The Morgan fingerprint density at radius 1 is 1.05 bits per heavy atom. The Labute approximate surface area is 151 Å². The van der Waals surface area contributed by atoms with Crippen molar-refractivity contribution in [2.45, 2.75) is 76.9 Å². The number of amides is 1. The van der Waals surface area contributed by atoms with Gasteiger partial charge in [-0.1, -0.05) is 6.42 Å². The Morgan fingerprint density at radius 3 is 2.18 bits per heavy atom. The van der Waals surface area contributed by atoms with E-state index in [1.165, 1.54) is 19.3 Å². The van der Waals surface area contributed by atoms with Gasteiger partial charge in [-0.2, -0.15) is 0 Å². The molecule has 0 spiro atoms. The third-order valence-corrected chi connectivity index (χ3v) is 4.49. The molecule has 0 aliphatic heterocycles. The molecular formula is C16H31IN4O. The summed E-state index contributed by atoms with van der Waals surface area (Å²) in [6.07, 6.45) is 7.94. The molecule has 1 amide bonds. The van der Waals surface area contributed by atoms with Crippen LogP contribution in [0.3, 0.4) is 0 Å². The average molecular weight is 422 g/mol. The maximum atomic E-state index is 12.2. The van der Waals surface area contributed by atoms with Gasteiger partial charge in [0.15, 0.2) is 5.96 Å². The van der Waals surface area contributed by atoms with Crippen molar-refractivity contribution in [3.8, 4) is 0 Å². The molecular weight excluding hydrogens is 391 g/mol. The highest BCUT2D eigenvalue weighted by atomic mass is 127. The van der Waals surface area contributed by atoms with E-state index in [1.54, 1.807) is 0 Å². The molecule has 5 nitrogen and oxygen atoms in total. The van der Waals surface area contributed by atoms with E-state index in [0.717, 1.165) is 31.6 Å². The molecule has 2 aliphatic rings. The number of carbonyl (C=O) groups is 1. The molecule has 0 aromatic rings. The van der Waals surface area contributed by atoms with Gasteiger partial charge in [0, 0.05) is 31.1 Å². The lowest BCUT2D eigenvalue weighted by Crippen LogP contribution is -2.51. The van der Waals surface area contributed by atoms with Crippen LogP contribution in [0.2, 0.25) is 0 Å². The molecule has 22 heavy (non-hydrogen) atoms. The standard InChI is InChI=1S/C16H30N4O.HI/c1-11(2)18-15(21)12-6-4-9-14(10-12)20-16(17-3)19-13-7-5-8-13;/h11-14H,4-10H2,1-3H3,(H,18,21)(H2,17,19,20);1H. The normalized spacial score (nSPS) is 25.9. The largest absolute Gasteiger partial charge is 0.354 e. The monoisotopic (exact) mass is 422 g/mol. The molecule has 2 rings (SSSR count). The van der Waals surface area contributed by atoms with Crippen molar-refractivity contribution in [1.82, 2.24) is 16.0 Å². The predicted octanol–water partition coefficient (Wildman–Crippen LogP) is 2.41. The van der Waals surface area contributed by atoms with Gasteiger partial charge in [-0.15, -0.1) is 24.0 Å². The van der Waals surface area contributed by atoms with Crippen LogP contribution in [-0.4, -0.2) is 37.0 Å². The Morgan fingerprint density at radius 2 is 1.64 bits per heavy atom. The Balaban J connectivity index is 0.00000242. The zero-order valence-corrected chi connectivity index (χ0v) is 16.4. The van der Waals surface area contributed by atoms with Gasteiger partial charge in [-0.25, -0.2) is 0 Å². The van der Waals surface area contributed by atoms with Crippen LogP contribution >= 0.6 is 24.0 Å². The molecule has 0 bridgehead atoms. The highest BCUT2D eigenvalue weighted by Crippen LogP contribution is 2.25. The number of aliphatic imine (C=N–C) groups is 1. The summed E-state index contributed by atoms with van der Waals surface area (Å²) >= 11 is 0. The lowest BCUT2D eigenvalue weighted by Gasteiger charge is -2.33. The van der Waals surface area contributed by atoms with Gasteiger partial charge in [0.1, 0.15) is 0 Å². The first-order valence-corrected chi connectivity index (χ1v) is 8.38. The van der Waals surface area contributed by atoms with Crippen LogP contribution in [0.5, 0.6) is 0 Å². The number of carbonyl (C=O) groups excluding carboxylic acids is 1. The maximum Gasteiger partial charge on any atom is 0.223 e. The number of hydrogen-bond acceptors (Lipinski definition) is 2. The second-order valence-corrected chi connectivity index (χ2v) is 6.71. The van der Waals surface area contributed by atoms with Crippen molar-refractivity contribution in [2.24, 2.45) is 10.9 Å². The van der Waals surface area contributed by atoms with E-state index >= 15 is 0 Å². The van der Waals surface area contributed by atoms with E-state index in [1.807, 2.05) is 20.9 Å². The molecule has 0 radical (unpaired) electrons. The lowest BCUT2D eigenvalue weighted by molar-refractivity contribution is -0.126. The number of nitrogens with zero attached hydrogens (tertiary/aromatic N) is 1. The first kappa shape index (κ1) is 19.5. The molecule has 0 aromatic carbocycles. The van der Waals surface area contributed by atoms with Gasteiger partial charge < -0.3 is 16.0 Å². The van der Waals surface area contributed by atoms with E-state index in [9.17, 15) is 4.79 Å². The highest BCUT2D eigenvalue weighted by molar-refractivity contribution is 14.0. The van der Waals surface area contributed by atoms with E-state index in [2.05, 4.69) is 20.9 Å². The molecule has 2 atom stereocenters. The summed E-state index contributed by atoms with van der Waals surface area (Å²) in [7, 11) is 1.82. The minimum atomic E-state index is 0. The minimum absolute atomic E-state index is 0. The molecule has 0 aromatic heterocycles. The van der Waals surface area contributed by atoms with Crippen molar-refractivity contribution in [1.29, 1.82) is 0 Å². The zero-order chi connectivity index (χ0) is 15.2. The van der Waals surface area contributed by atoms with Crippen LogP contribution in [0.15, 0.2) is 4.99 Å². The summed E-state index contributed by atoms with van der Waals surface area (Å²) in [4.78, 5) is 16.5. The first-order chi connectivity index (χ1) is 10.1. The van der Waals surface area contributed by atoms with Gasteiger partial charge in [0.05, 0.1) is 0 Å². The number of halogens is 1. The smallest absolute Gasteiger partial charge is 0.223 e. The van der Waals surface area contributed by atoms with E-state index in [-0.39, 0.29) is 41.8 Å². The van der Waals surface area contributed by atoms with Crippen LogP contribution in [0.1, 0.15) is 58.8 Å². The molecule has 6 heteroatoms. The number of guanidine groups is 1. The van der Waals surface area contributed by atoms with Crippen molar-refractivity contribution in [3.05, 3.63) is 0 Å². The van der Waals surface area contributed by atoms with Crippen molar-refractivity contribution < 1.29 is 4.79 Å². The molecule has 0 heterocycles. The molecule has 0 saturated heterocycles. The predicted molar refractivity (Wildman–Crippen MR) is 102 cm³/mol. The van der Waals surface area contributed by atoms with Gasteiger partial charge in [0.25, 0.3) is 0 Å². The summed E-state index contributed by atoms with van der Waals surface area (Å²) < 4.78 is 0. The maximum absolute atomic E-state index is 12.2. The topological polar surface area (TPSA) is 65.5 Å². The van der Waals surface area contributed by atoms with E-state index < -0.39 is 0 Å². The molecule has 2 fully saturated rings. The van der Waals surface area contributed by atoms with Crippen molar-refractivity contribution >= 4 is 35.8 Å². The summed E-state index contributed by atoms with van der Waals surface area (Å²) in [5.41, 5.74) is 0. The fraction of sp³-hybridized carbons (Fsp3) is 0.875. The molecule has 2 unspecified atom stereocenters. The van der Waals surface area contributed by atoms with Crippen molar-refractivity contribution in [2.75, 3.05) is 7.05 Å². The first-order valence-electron chi connectivity index (χ1n) is 8.38. The molecule has 3 N–H and O–H groups in total. The quantitative estimate of drug-likeness (QED) is 0.371. The van der Waals surface area contributed by atoms with E-state index in [4.69, 9.17) is 0 Å². The SMILES string of the molecule is CN=C(NC1CCC1)NC1CCCC(C(=O)NC(C)C)C1.I. The van der Waals surface area contributed by atoms with E-state index in [0.29, 0.717) is 12.1 Å². The zero-order valence-electron chi connectivity index (χ0n) is 14.0. The van der Waals surface area contributed by atoms with Gasteiger partial charge >= 0.3 is 0 Å². The van der Waals surface area contributed by atoms with Gasteiger partial charge in [-0.3, -0.25) is 9.79 Å². The number of rotatable bonds is 4. The Hall–Kier alpha value is -0.530. The lowest BCUT2D eigenvalue weighted by atomic mass is 9.85. The molecule has 128 valence electrons. The Bertz CT molecular complexity index is 382. The fourth-order valence-electron chi connectivity index (χ4n) is 3.07. The van der Waals surface area contributed by atoms with Crippen LogP contribution < -0.4 is 16.0 Å². The molecule has 2 saturated carbocycles. The van der Waals surface area contributed by atoms with Crippen LogP contribution in [0, 0.1) is 5.92 Å². The second kappa shape index (κ2) is 9.57. The summed E-state index contributed by atoms with van der Waals surface area (Å²) in [6.45, 7) is 4.03. The minimum Gasteiger partial charge on any atom is -0.354 e.